The lowest BCUT2D eigenvalue weighted by Gasteiger charge is -2.36. The summed E-state index contributed by atoms with van der Waals surface area (Å²) in [6, 6.07) is 0. The van der Waals surface area contributed by atoms with Gasteiger partial charge < -0.3 is 0 Å². The molecule has 1 fully saturated rings. The van der Waals surface area contributed by atoms with Crippen LogP contribution in [-0.2, 0) is 0 Å². The highest BCUT2D eigenvalue weighted by Crippen LogP contribution is 2.52. The van der Waals surface area contributed by atoms with Gasteiger partial charge in [0, 0.05) is 6.42 Å². The molecule has 0 aromatic heterocycles. The molecule has 18 heavy (non-hydrogen) atoms. The van der Waals surface area contributed by atoms with Gasteiger partial charge in [0.2, 0.25) is 0 Å². The van der Waals surface area contributed by atoms with Crippen LogP contribution in [0.5, 0.6) is 0 Å². The van der Waals surface area contributed by atoms with Crippen molar-refractivity contribution in [2.24, 2.45) is 11.3 Å². The number of halogens is 3. The summed E-state index contributed by atoms with van der Waals surface area (Å²) in [5.41, 5.74) is -0.440. The highest BCUT2D eigenvalue weighted by molar-refractivity contribution is 4.90. The van der Waals surface area contributed by atoms with Crippen LogP contribution >= 0.6 is 0 Å². The molecule has 0 heterocycles. The summed E-state index contributed by atoms with van der Waals surface area (Å²) in [6.07, 6.45) is 4.58. The van der Waals surface area contributed by atoms with E-state index in [-0.39, 0.29) is 5.92 Å². The third kappa shape index (κ3) is 4.81. The van der Waals surface area contributed by atoms with Crippen LogP contribution in [0.1, 0.15) is 78.1 Å². The molecule has 0 amide bonds. The zero-order valence-electron chi connectivity index (χ0n) is 11.8. The first kappa shape index (κ1) is 15.8. The van der Waals surface area contributed by atoms with E-state index in [1.54, 1.807) is 0 Å². The lowest BCUT2D eigenvalue weighted by atomic mass is 9.70. The molecule has 0 aromatic rings. The summed E-state index contributed by atoms with van der Waals surface area (Å²) in [6.45, 7) is 4.20. The Labute approximate surface area is 109 Å². The largest absolute Gasteiger partial charge is 0.389 e. The van der Waals surface area contributed by atoms with Crippen molar-refractivity contribution in [2.75, 3.05) is 0 Å². The maximum Gasteiger partial charge on any atom is 0.389 e. The Hall–Kier alpha value is -0.210. The van der Waals surface area contributed by atoms with Crippen LogP contribution in [0.2, 0.25) is 0 Å². The third-order valence-electron chi connectivity index (χ3n) is 4.69. The Morgan fingerprint density at radius 2 is 1.67 bits per heavy atom. The third-order valence-corrected chi connectivity index (χ3v) is 4.69. The standard InChI is InChI=1S/C15H27F3/c1-3-4-5-6-9-13(2)14(10-7-8-11-14)12-15(16,17)18/h13H,3-12H2,1-2H3. The molecule has 0 aliphatic heterocycles. The van der Waals surface area contributed by atoms with Gasteiger partial charge >= 0.3 is 6.18 Å². The molecule has 3 heteroatoms. The molecule has 0 nitrogen and oxygen atoms in total. The first-order valence-electron chi connectivity index (χ1n) is 7.46. The van der Waals surface area contributed by atoms with Crippen molar-refractivity contribution in [2.45, 2.75) is 84.2 Å². The smallest absolute Gasteiger partial charge is 0.171 e. The molecule has 0 saturated heterocycles. The van der Waals surface area contributed by atoms with Crippen LogP contribution in [0, 0.1) is 11.3 Å². The average Bonchev–Trinajstić information content (AvgIpc) is 2.71. The second-order valence-corrected chi connectivity index (χ2v) is 6.11. The van der Waals surface area contributed by atoms with E-state index in [1.807, 2.05) is 6.92 Å². The highest BCUT2D eigenvalue weighted by atomic mass is 19.4. The molecule has 1 aliphatic carbocycles. The minimum absolute atomic E-state index is 0.221. The molecular formula is C15H27F3. The summed E-state index contributed by atoms with van der Waals surface area (Å²) in [5.74, 6) is 0.221. The lowest BCUT2D eigenvalue weighted by Crippen LogP contribution is -2.31. The molecule has 0 bridgehead atoms. The van der Waals surface area contributed by atoms with Gasteiger partial charge in [0.15, 0.2) is 0 Å². The van der Waals surface area contributed by atoms with E-state index < -0.39 is 18.0 Å². The van der Waals surface area contributed by atoms with Crippen molar-refractivity contribution < 1.29 is 13.2 Å². The Morgan fingerprint density at radius 1 is 1.06 bits per heavy atom. The van der Waals surface area contributed by atoms with Crippen LogP contribution in [0.3, 0.4) is 0 Å². The maximum absolute atomic E-state index is 12.8. The van der Waals surface area contributed by atoms with Gasteiger partial charge in [-0.2, -0.15) is 13.2 Å². The molecule has 1 aliphatic rings. The number of rotatable bonds is 7. The van der Waals surface area contributed by atoms with E-state index >= 15 is 0 Å². The first-order chi connectivity index (χ1) is 8.40. The van der Waals surface area contributed by atoms with Gasteiger partial charge in [0.05, 0.1) is 0 Å². The quantitative estimate of drug-likeness (QED) is 0.487. The minimum Gasteiger partial charge on any atom is -0.171 e. The van der Waals surface area contributed by atoms with E-state index in [4.69, 9.17) is 0 Å². The fourth-order valence-corrected chi connectivity index (χ4v) is 3.51. The van der Waals surface area contributed by atoms with E-state index in [9.17, 15) is 13.2 Å². The Kier molecular flexibility index (Phi) is 6.00. The minimum atomic E-state index is -4.00. The van der Waals surface area contributed by atoms with Crippen molar-refractivity contribution >= 4 is 0 Å². The summed E-state index contributed by atoms with van der Waals surface area (Å²) in [4.78, 5) is 0. The van der Waals surface area contributed by atoms with Gasteiger partial charge in [-0.25, -0.2) is 0 Å². The second-order valence-electron chi connectivity index (χ2n) is 6.11. The van der Waals surface area contributed by atoms with E-state index in [2.05, 4.69) is 6.92 Å². The maximum atomic E-state index is 12.8. The van der Waals surface area contributed by atoms with Gasteiger partial charge in [-0.15, -0.1) is 0 Å². The first-order valence-corrected chi connectivity index (χ1v) is 7.46. The molecular weight excluding hydrogens is 237 g/mol. The molecule has 0 N–H and O–H groups in total. The van der Waals surface area contributed by atoms with E-state index in [0.717, 1.165) is 38.5 Å². The zero-order chi connectivity index (χ0) is 13.6. The van der Waals surface area contributed by atoms with Gasteiger partial charge in [0.1, 0.15) is 0 Å². The van der Waals surface area contributed by atoms with Gasteiger partial charge in [-0.1, -0.05) is 58.8 Å². The predicted molar refractivity (Wildman–Crippen MR) is 69.5 cm³/mol. The van der Waals surface area contributed by atoms with Crippen molar-refractivity contribution in [1.82, 2.24) is 0 Å². The molecule has 1 atom stereocenters. The summed E-state index contributed by atoms with van der Waals surface area (Å²) >= 11 is 0. The molecule has 0 spiro atoms. The fraction of sp³-hybridized carbons (Fsp3) is 1.00. The Bertz CT molecular complexity index is 226. The average molecular weight is 264 g/mol. The zero-order valence-corrected chi connectivity index (χ0v) is 11.8. The Morgan fingerprint density at radius 3 is 2.17 bits per heavy atom. The molecule has 0 radical (unpaired) electrons. The molecule has 1 saturated carbocycles. The molecule has 1 rings (SSSR count). The highest BCUT2D eigenvalue weighted by Gasteiger charge is 2.46. The fourth-order valence-electron chi connectivity index (χ4n) is 3.51. The number of unbranched alkanes of at least 4 members (excludes halogenated alkanes) is 3. The number of hydrogen-bond acceptors (Lipinski definition) is 0. The van der Waals surface area contributed by atoms with E-state index in [0.29, 0.717) is 0 Å². The summed E-state index contributed by atoms with van der Waals surface area (Å²) in [7, 11) is 0. The second kappa shape index (κ2) is 6.81. The van der Waals surface area contributed by atoms with Crippen molar-refractivity contribution in [3.8, 4) is 0 Å². The van der Waals surface area contributed by atoms with Gasteiger partial charge in [0.25, 0.3) is 0 Å². The molecule has 108 valence electrons. The Balaban J connectivity index is 2.50. The lowest BCUT2D eigenvalue weighted by molar-refractivity contribution is -0.165. The van der Waals surface area contributed by atoms with E-state index in [1.165, 1.54) is 19.3 Å². The van der Waals surface area contributed by atoms with Crippen molar-refractivity contribution in [3.63, 3.8) is 0 Å². The van der Waals surface area contributed by atoms with Crippen molar-refractivity contribution in [3.05, 3.63) is 0 Å². The van der Waals surface area contributed by atoms with Crippen LogP contribution in [-0.4, -0.2) is 6.18 Å². The van der Waals surface area contributed by atoms with Crippen LogP contribution in [0.4, 0.5) is 13.2 Å². The monoisotopic (exact) mass is 264 g/mol. The van der Waals surface area contributed by atoms with Crippen LogP contribution in [0.25, 0.3) is 0 Å². The molecule has 1 unspecified atom stereocenters. The van der Waals surface area contributed by atoms with Crippen molar-refractivity contribution in [1.29, 1.82) is 0 Å². The van der Waals surface area contributed by atoms with Gasteiger partial charge in [-0.3, -0.25) is 0 Å². The summed E-state index contributed by atoms with van der Waals surface area (Å²) < 4.78 is 38.3. The van der Waals surface area contributed by atoms with Crippen LogP contribution in [0.15, 0.2) is 0 Å². The normalized spacial score (nSPS) is 21.2. The van der Waals surface area contributed by atoms with Crippen LogP contribution < -0.4 is 0 Å². The number of alkyl halides is 3. The SMILES string of the molecule is CCCCCCC(C)C1(CC(F)(F)F)CCCC1. The van der Waals surface area contributed by atoms with Gasteiger partial charge in [-0.05, 0) is 24.2 Å². The predicted octanol–water partition coefficient (Wildman–Crippen LogP) is 6.11. The number of hydrogen-bond donors (Lipinski definition) is 0. The topological polar surface area (TPSA) is 0 Å². The molecule has 0 aromatic carbocycles. The summed E-state index contributed by atoms with van der Waals surface area (Å²) in [5, 5.41) is 0.